The van der Waals surface area contributed by atoms with E-state index in [1.807, 2.05) is 65.7 Å². The topological polar surface area (TPSA) is 18.8 Å². The molecule has 0 spiro atoms. The van der Waals surface area contributed by atoms with E-state index in [9.17, 15) is 4.39 Å². The van der Waals surface area contributed by atoms with Gasteiger partial charge in [-0.1, -0.05) is 54.6 Å². The average molecular weight is 412 g/mol. The van der Waals surface area contributed by atoms with Crippen molar-refractivity contribution in [3.63, 3.8) is 0 Å². The van der Waals surface area contributed by atoms with Gasteiger partial charge in [-0.2, -0.15) is 5.10 Å². The normalized spacial score (nSPS) is 11.2. The largest absolute Gasteiger partial charge is 0.372 e. The number of benzene rings is 4. The van der Waals surface area contributed by atoms with E-state index >= 15 is 0 Å². The summed E-state index contributed by atoms with van der Waals surface area (Å²) in [5.41, 5.74) is 3.20. The predicted molar refractivity (Wildman–Crippen MR) is 130 cm³/mol. The van der Waals surface area contributed by atoms with Gasteiger partial charge >= 0.3 is 0 Å². The molecule has 0 fully saturated rings. The summed E-state index contributed by atoms with van der Waals surface area (Å²) < 4.78 is 14.9. The summed E-state index contributed by atoms with van der Waals surface area (Å²) in [6, 6.07) is 29.6. The van der Waals surface area contributed by atoms with Crippen molar-refractivity contribution in [2.45, 2.75) is 13.8 Å². The third-order valence-electron chi connectivity index (χ3n) is 5.42. The first-order chi connectivity index (χ1) is 15.2. The second-order valence-corrected chi connectivity index (χ2v) is 7.27. The van der Waals surface area contributed by atoms with Gasteiger partial charge < -0.3 is 4.90 Å². The summed E-state index contributed by atoms with van der Waals surface area (Å²) in [6.07, 6.45) is 1.59. The Morgan fingerprint density at radius 1 is 0.774 bits per heavy atom. The highest BCUT2D eigenvalue weighted by molar-refractivity contribution is 5.96. The fourth-order valence-corrected chi connectivity index (χ4v) is 3.76. The number of hydrazone groups is 1. The molecule has 0 saturated carbocycles. The summed E-state index contributed by atoms with van der Waals surface area (Å²) in [7, 11) is 0. The maximum atomic E-state index is 14.9. The van der Waals surface area contributed by atoms with Crippen LogP contribution in [0.15, 0.2) is 96.1 Å². The zero-order valence-electron chi connectivity index (χ0n) is 17.9. The van der Waals surface area contributed by atoms with E-state index in [-0.39, 0.29) is 5.82 Å². The van der Waals surface area contributed by atoms with Gasteiger partial charge in [-0.3, -0.25) is 0 Å². The minimum Gasteiger partial charge on any atom is -0.372 e. The van der Waals surface area contributed by atoms with E-state index in [0.29, 0.717) is 5.56 Å². The smallest absolute Gasteiger partial charge is 0.134 e. The molecular weight excluding hydrogens is 385 g/mol. The Labute approximate surface area is 183 Å². The van der Waals surface area contributed by atoms with Crippen LogP contribution in [0.4, 0.5) is 21.5 Å². The van der Waals surface area contributed by atoms with Gasteiger partial charge in [0.05, 0.1) is 17.6 Å². The van der Waals surface area contributed by atoms with Crippen molar-refractivity contribution in [2.75, 3.05) is 23.0 Å². The number of rotatable bonds is 7. The molecule has 0 aliphatic heterocycles. The van der Waals surface area contributed by atoms with E-state index in [1.54, 1.807) is 18.3 Å². The van der Waals surface area contributed by atoms with Crippen LogP contribution in [0.25, 0.3) is 10.8 Å². The monoisotopic (exact) mass is 411 g/mol. The molecule has 0 N–H and O–H groups in total. The molecule has 4 aromatic carbocycles. The molecule has 4 heteroatoms. The van der Waals surface area contributed by atoms with Crippen molar-refractivity contribution in [3.05, 3.63) is 102 Å². The molecule has 3 nitrogen and oxygen atoms in total. The van der Waals surface area contributed by atoms with Crippen LogP contribution in [-0.2, 0) is 0 Å². The summed E-state index contributed by atoms with van der Waals surface area (Å²) in [6.45, 7) is 5.82. The fraction of sp³-hybridized carbons (Fsp3) is 0.148. The first-order valence-corrected chi connectivity index (χ1v) is 10.6. The third kappa shape index (κ3) is 4.43. The minimum atomic E-state index is -0.279. The zero-order chi connectivity index (χ0) is 21.6. The van der Waals surface area contributed by atoms with Crippen molar-refractivity contribution in [1.29, 1.82) is 0 Å². The van der Waals surface area contributed by atoms with Crippen molar-refractivity contribution >= 4 is 34.0 Å². The van der Waals surface area contributed by atoms with Gasteiger partial charge in [-0.15, -0.1) is 0 Å². The number of fused-ring (bicyclic) bond motifs is 1. The van der Waals surface area contributed by atoms with E-state index in [0.717, 1.165) is 40.9 Å². The Morgan fingerprint density at radius 3 is 2.23 bits per heavy atom. The molecule has 156 valence electrons. The maximum Gasteiger partial charge on any atom is 0.134 e. The van der Waals surface area contributed by atoms with Crippen LogP contribution in [-0.4, -0.2) is 19.3 Å². The van der Waals surface area contributed by atoms with Crippen LogP contribution >= 0.6 is 0 Å². The molecule has 0 radical (unpaired) electrons. The summed E-state index contributed by atoms with van der Waals surface area (Å²) in [5, 5.41) is 8.79. The third-order valence-corrected chi connectivity index (χ3v) is 5.42. The molecule has 0 aromatic heterocycles. The van der Waals surface area contributed by atoms with Gasteiger partial charge in [0.15, 0.2) is 0 Å². The van der Waals surface area contributed by atoms with E-state index in [4.69, 9.17) is 5.10 Å². The molecule has 0 atom stereocenters. The summed E-state index contributed by atoms with van der Waals surface area (Å²) >= 11 is 0. The number of hydrogen-bond donors (Lipinski definition) is 0. The Balaban J connectivity index is 1.75. The molecule has 0 heterocycles. The number of halogens is 1. The van der Waals surface area contributed by atoms with Gasteiger partial charge in [-0.25, -0.2) is 9.40 Å². The summed E-state index contributed by atoms with van der Waals surface area (Å²) in [5.74, 6) is -0.279. The van der Waals surface area contributed by atoms with Crippen LogP contribution in [0.1, 0.15) is 19.4 Å². The SMILES string of the molecule is CCN(CC)c1ccc(/C=N\N(c2ccccc2)c2cccc3ccccc23)c(F)c1. The van der Waals surface area contributed by atoms with Gasteiger partial charge in [0, 0.05) is 29.7 Å². The van der Waals surface area contributed by atoms with Gasteiger partial charge in [0.1, 0.15) is 5.82 Å². The van der Waals surface area contributed by atoms with Crippen molar-refractivity contribution in [1.82, 2.24) is 0 Å². The second kappa shape index (κ2) is 9.43. The van der Waals surface area contributed by atoms with E-state index in [1.165, 1.54) is 0 Å². The highest BCUT2D eigenvalue weighted by Gasteiger charge is 2.12. The van der Waals surface area contributed by atoms with Crippen LogP contribution in [0.2, 0.25) is 0 Å². The van der Waals surface area contributed by atoms with Crippen LogP contribution in [0.3, 0.4) is 0 Å². The quantitative estimate of drug-likeness (QED) is 0.241. The highest BCUT2D eigenvalue weighted by Crippen LogP contribution is 2.32. The number of anilines is 3. The lowest BCUT2D eigenvalue weighted by Crippen LogP contribution is -2.21. The maximum absolute atomic E-state index is 14.9. The predicted octanol–water partition coefficient (Wildman–Crippen LogP) is 7.00. The second-order valence-electron chi connectivity index (χ2n) is 7.27. The first-order valence-electron chi connectivity index (χ1n) is 10.6. The molecule has 0 bridgehead atoms. The molecule has 0 saturated heterocycles. The summed E-state index contributed by atoms with van der Waals surface area (Å²) in [4.78, 5) is 2.12. The number of nitrogens with zero attached hydrogens (tertiary/aromatic N) is 3. The molecular formula is C27H26FN3. The standard InChI is InChI=1S/C27H26FN3/c1-3-30(4-2)24-18-17-22(26(28)19-24)20-29-31(23-13-6-5-7-14-23)27-16-10-12-21-11-8-9-15-25(21)27/h5-20H,3-4H2,1-2H3/b29-20-. The van der Waals surface area contributed by atoms with Gasteiger partial charge in [-0.05, 0) is 55.6 Å². The molecule has 0 unspecified atom stereocenters. The Hall–Kier alpha value is -3.66. The fourth-order valence-electron chi connectivity index (χ4n) is 3.76. The molecule has 31 heavy (non-hydrogen) atoms. The van der Waals surface area contributed by atoms with E-state index < -0.39 is 0 Å². The van der Waals surface area contributed by atoms with Crippen molar-refractivity contribution in [3.8, 4) is 0 Å². The Bertz CT molecular complexity index is 1180. The lowest BCUT2D eigenvalue weighted by molar-refractivity contribution is 0.625. The molecule has 0 aliphatic rings. The Morgan fingerprint density at radius 2 is 1.48 bits per heavy atom. The highest BCUT2D eigenvalue weighted by atomic mass is 19.1. The van der Waals surface area contributed by atoms with E-state index in [2.05, 4.69) is 36.9 Å². The Kier molecular flexibility index (Phi) is 6.27. The van der Waals surface area contributed by atoms with Crippen LogP contribution in [0, 0.1) is 5.82 Å². The molecule has 0 amide bonds. The molecule has 4 rings (SSSR count). The minimum absolute atomic E-state index is 0.279. The molecule has 0 aliphatic carbocycles. The van der Waals surface area contributed by atoms with Crippen molar-refractivity contribution < 1.29 is 4.39 Å². The van der Waals surface area contributed by atoms with Crippen LogP contribution < -0.4 is 9.91 Å². The number of para-hydroxylation sites is 1. The zero-order valence-corrected chi connectivity index (χ0v) is 17.9. The molecule has 4 aromatic rings. The average Bonchev–Trinajstić information content (AvgIpc) is 2.82. The first kappa shape index (κ1) is 20.6. The van der Waals surface area contributed by atoms with Gasteiger partial charge in [0.2, 0.25) is 0 Å². The van der Waals surface area contributed by atoms with Crippen LogP contribution in [0.5, 0.6) is 0 Å². The van der Waals surface area contributed by atoms with Gasteiger partial charge in [0.25, 0.3) is 0 Å². The number of hydrogen-bond acceptors (Lipinski definition) is 3. The lowest BCUT2D eigenvalue weighted by atomic mass is 10.1. The lowest BCUT2D eigenvalue weighted by Gasteiger charge is -2.22. The van der Waals surface area contributed by atoms with Crippen molar-refractivity contribution in [2.24, 2.45) is 5.10 Å².